The number of nitrogens with one attached hydrogen (secondary N) is 1. The molecule has 3 rings (SSSR count). The molecule has 6 nitrogen and oxygen atoms in total. The van der Waals surface area contributed by atoms with Gasteiger partial charge >= 0.3 is 0 Å². The summed E-state index contributed by atoms with van der Waals surface area (Å²) in [6.07, 6.45) is 1.95. The number of nitrogens with zero attached hydrogens (tertiary/aromatic N) is 3. The summed E-state index contributed by atoms with van der Waals surface area (Å²) in [4.78, 5) is 35.2. The van der Waals surface area contributed by atoms with Gasteiger partial charge in [-0.1, -0.05) is 12.1 Å². The average molecular weight is 326 g/mol. The highest BCUT2D eigenvalue weighted by atomic mass is 16.2. The monoisotopic (exact) mass is 326 g/mol. The van der Waals surface area contributed by atoms with Crippen LogP contribution >= 0.6 is 0 Å². The molecule has 3 heterocycles. The van der Waals surface area contributed by atoms with Crippen LogP contribution in [0.5, 0.6) is 0 Å². The highest BCUT2D eigenvalue weighted by Crippen LogP contribution is 2.21. The zero-order chi connectivity index (χ0) is 17.1. The Balaban J connectivity index is 1.74. The molecule has 1 N–H and O–H groups in total. The molecule has 0 bridgehead atoms. The van der Waals surface area contributed by atoms with Crippen molar-refractivity contribution in [3.05, 3.63) is 58.1 Å². The van der Waals surface area contributed by atoms with E-state index in [1.807, 2.05) is 25.1 Å². The van der Waals surface area contributed by atoms with Gasteiger partial charge in [-0.05, 0) is 38.0 Å². The molecular formula is C18H22N4O2. The fourth-order valence-electron chi connectivity index (χ4n) is 3.11. The lowest BCUT2D eigenvalue weighted by Gasteiger charge is -2.38. The number of carbonyl (C=O) groups excluding carboxylic acids is 1. The van der Waals surface area contributed by atoms with Crippen molar-refractivity contribution < 1.29 is 4.79 Å². The third-order valence-corrected chi connectivity index (χ3v) is 4.46. The van der Waals surface area contributed by atoms with Gasteiger partial charge in [0.05, 0.1) is 0 Å². The summed E-state index contributed by atoms with van der Waals surface area (Å²) in [7, 11) is 1.80. The summed E-state index contributed by atoms with van der Waals surface area (Å²) >= 11 is 0. The minimum Gasteiger partial charge on any atom is -0.355 e. The molecule has 2 aromatic rings. The lowest BCUT2D eigenvalue weighted by atomic mass is 10.0. The Hall–Kier alpha value is -2.63. The number of aromatic amines is 1. The van der Waals surface area contributed by atoms with E-state index in [0.29, 0.717) is 5.69 Å². The number of rotatable bonds is 3. The molecular weight excluding hydrogens is 304 g/mol. The number of amides is 1. The summed E-state index contributed by atoms with van der Waals surface area (Å²) < 4.78 is 0. The molecule has 1 amide bonds. The Kier molecular flexibility index (Phi) is 4.64. The van der Waals surface area contributed by atoms with Gasteiger partial charge in [0.2, 0.25) is 5.56 Å². The maximum absolute atomic E-state index is 12.6. The van der Waals surface area contributed by atoms with E-state index in [4.69, 9.17) is 0 Å². The van der Waals surface area contributed by atoms with Crippen LogP contribution in [0.15, 0.2) is 41.2 Å². The fraction of sp³-hybridized carbons (Fsp3) is 0.389. The van der Waals surface area contributed by atoms with Crippen LogP contribution in [0.3, 0.4) is 0 Å². The van der Waals surface area contributed by atoms with Gasteiger partial charge in [-0.15, -0.1) is 0 Å². The van der Waals surface area contributed by atoms with Crippen LogP contribution in [0.2, 0.25) is 0 Å². The van der Waals surface area contributed by atoms with E-state index < -0.39 is 0 Å². The van der Waals surface area contributed by atoms with E-state index in [0.717, 1.165) is 37.4 Å². The third kappa shape index (κ3) is 3.48. The van der Waals surface area contributed by atoms with Crippen molar-refractivity contribution in [2.75, 3.05) is 25.0 Å². The molecule has 0 aliphatic carbocycles. The van der Waals surface area contributed by atoms with Crippen molar-refractivity contribution in [3.8, 4) is 0 Å². The molecule has 0 aromatic carbocycles. The summed E-state index contributed by atoms with van der Waals surface area (Å²) in [5, 5.41) is 0. The maximum Gasteiger partial charge on any atom is 0.270 e. The third-order valence-electron chi connectivity index (χ3n) is 4.46. The standard InChI is InChI=1S/C18H22N4O2/c1-13-6-3-9-16(19-13)22-11-5-7-14(12-22)21(2)18(24)15-8-4-10-17(23)20-15/h3-4,6,8-10,14H,5,7,11-12H2,1-2H3,(H,20,23)/t14-/m1/s1. The van der Waals surface area contributed by atoms with E-state index in [1.165, 1.54) is 6.07 Å². The highest BCUT2D eigenvalue weighted by molar-refractivity contribution is 5.92. The topological polar surface area (TPSA) is 69.3 Å². The number of aryl methyl sites for hydroxylation is 1. The van der Waals surface area contributed by atoms with Crippen molar-refractivity contribution in [2.24, 2.45) is 0 Å². The van der Waals surface area contributed by atoms with Crippen LogP contribution in [-0.4, -0.2) is 47.0 Å². The Morgan fingerprint density at radius 2 is 2.08 bits per heavy atom. The SMILES string of the molecule is Cc1cccc(N2CCC[C@@H](N(C)C(=O)c3cccc(=O)[nH]3)C2)n1. The Morgan fingerprint density at radius 3 is 2.83 bits per heavy atom. The van der Waals surface area contributed by atoms with Crippen molar-refractivity contribution in [1.82, 2.24) is 14.9 Å². The number of hydrogen-bond donors (Lipinski definition) is 1. The van der Waals surface area contributed by atoms with Crippen molar-refractivity contribution in [1.29, 1.82) is 0 Å². The van der Waals surface area contributed by atoms with Gasteiger partial charge in [0, 0.05) is 37.9 Å². The second kappa shape index (κ2) is 6.86. The van der Waals surface area contributed by atoms with E-state index in [9.17, 15) is 9.59 Å². The van der Waals surface area contributed by atoms with Crippen LogP contribution in [0.4, 0.5) is 5.82 Å². The highest BCUT2D eigenvalue weighted by Gasteiger charge is 2.27. The minimum absolute atomic E-state index is 0.0947. The largest absolute Gasteiger partial charge is 0.355 e. The molecule has 2 aromatic heterocycles. The van der Waals surface area contributed by atoms with Gasteiger partial charge in [0.15, 0.2) is 0 Å². The zero-order valence-electron chi connectivity index (χ0n) is 14.0. The van der Waals surface area contributed by atoms with Gasteiger partial charge in [-0.25, -0.2) is 4.98 Å². The van der Waals surface area contributed by atoms with Gasteiger partial charge in [0.25, 0.3) is 5.91 Å². The normalized spacial score (nSPS) is 17.6. The van der Waals surface area contributed by atoms with E-state index in [1.54, 1.807) is 24.1 Å². The smallest absolute Gasteiger partial charge is 0.270 e. The Labute approximate surface area is 141 Å². The quantitative estimate of drug-likeness (QED) is 0.934. The number of aromatic nitrogens is 2. The van der Waals surface area contributed by atoms with Gasteiger partial charge in [-0.2, -0.15) is 0 Å². The Morgan fingerprint density at radius 1 is 1.29 bits per heavy atom. The number of anilines is 1. The summed E-state index contributed by atoms with van der Waals surface area (Å²) in [5.41, 5.74) is 1.06. The molecule has 6 heteroatoms. The second-order valence-electron chi connectivity index (χ2n) is 6.22. The molecule has 1 aliphatic heterocycles. The summed E-state index contributed by atoms with van der Waals surface area (Å²) in [6.45, 7) is 3.67. The molecule has 1 saturated heterocycles. The molecule has 0 radical (unpaired) electrons. The number of H-pyrrole nitrogens is 1. The number of piperidine rings is 1. The fourth-order valence-corrected chi connectivity index (χ4v) is 3.11. The molecule has 0 saturated carbocycles. The van der Waals surface area contributed by atoms with Crippen molar-refractivity contribution in [2.45, 2.75) is 25.8 Å². The van der Waals surface area contributed by atoms with Gasteiger partial charge in [-0.3, -0.25) is 9.59 Å². The van der Waals surface area contributed by atoms with E-state index in [2.05, 4.69) is 14.9 Å². The number of hydrogen-bond acceptors (Lipinski definition) is 4. The number of carbonyl (C=O) groups is 1. The summed E-state index contributed by atoms with van der Waals surface area (Å²) in [6, 6.07) is 10.7. The lowest BCUT2D eigenvalue weighted by Crippen LogP contribution is -2.49. The number of likely N-dealkylation sites (N-methyl/N-ethyl adjacent to an activating group) is 1. The molecule has 0 unspecified atom stereocenters. The second-order valence-corrected chi connectivity index (χ2v) is 6.22. The first-order chi connectivity index (χ1) is 11.5. The zero-order valence-corrected chi connectivity index (χ0v) is 14.0. The van der Waals surface area contributed by atoms with Crippen molar-refractivity contribution in [3.63, 3.8) is 0 Å². The predicted octanol–water partition coefficient (Wildman–Crippen LogP) is 1.82. The molecule has 126 valence electrons. The van der Waals surface area contributed by atoms with Crippen molar-refractivity contribution >= 4 is 11.7 Å². The van der Waals surface area contributed by atoms with Gasteiger partial charge in [0.1, 0.15) is 11.5 Å². The van der Waals surface area contributed by atoms with Gasteiger partial charge < -0.3 is 14.8 Å². The summed E-state index contributed by atoms with van der Waals surface area (Å²) in [5.74, 6) is 0.797. The van der Waals surface area contributed by atoms with Crippen LogP contribution in [0.1, 0.15) is 29.0 Å². The molecule has 24 heavy (non-hydrogen) atoms. The first kappa shape index (κ1) is 16.2. The molecule has 0 spiro atoms. The molecule has 1 aliphatic rings. The molecule has 1 fully saturated rings. The van der Waals surface area contributed by atoms with E-state index in [-0.39, 0.29) is 17.5 Å². The predicted molar refractivity (Wildman–Crippen MR) is 93.4 cm³/mol. The maximum atomic E-state index is 12.6. The Bertz CT molecular complexity index is 786. The van der Waals surface area contributed by atoms with Crippen LogP contribution in [0.25, 0.3) is 0 Å². The minimum atomic E-state index is -0.261. The van der Waals surface area contributed by atoms with E-state index >= 15 is 0 Å². The van der Waals surface area contributed by atoms with Crippen LogP contribution < -0.4 is 10.5 Å². The van der Waals surface area contributed by atoms with Crippen LogP contribution in [-0.2, 0) is 0 Å². The lowest BCUT2D eigenvalue weighted by molar-refractivity contribution is 0.0711. The van der Waals surface area contributed by atoms with Crippen LogP contribution in [0, 0.1) is 6.92 Å². The first-order valence-corrected chi connectivity index (χ1v) is 8.20. The first-order valence-electron chi connectivity index (χ1n) is 8.20. The average Bonchev–Trinajstić information content (AvgIpc) is 2.60. The molecule has 1 atom stereocenters. The number of pyridine rings is 2.